The summed E-state index contributed by atoms with van der Waals surface area (Å²) in [5.41, 5.74) is 0.438. The lowest BCUT2D eigenvalue weighted by molar-refractivity contribution is -0.121. The van der Waals surface area contributed by atoms with Crippen LogP contribution < -0.4 is 10.9 Å². The van der Waals surface area contributed by atoms with Crippen molar-refractivity contribution in [3.8, 4) is 5.69 Å². The minimum atomic E-state index is -0.485. The number of rotatable bonds is 8. The summed E-state index contributed by atoms with van der Waals surface area (Å²) in [6, 6.07) is 13.4. The number of benzene rings is 2. The molecule has 1 unspecified atom stereocenters. The van der Waals surface area contributed by atoms with Gasteiger partial charge in [-0.05, 0) is 44.0 Å². The van der Waals surface area contributed by atoms with E-state index in [1.807, 2.05) is 19.9 Å². The highest BCUT2D eigenvalue weighted by atomic mass is 32.2. The second-order valence-corrected chi connectivity index (χ2v) is 7.89. The number of para-hydroxylation sites is 2. The molecule has 0 fully saturated rings. The van der Waals surface area contributed by atoms with Crippen molar-refractivity contribution >= 4 is 28.6 Å². The standard InChI is InChI=1S/C22H24FN3O2S/c1-3-15(2)24-20(27)13-8-14-29-22-25-18-11-6-4-9-16(18)21(28)26(22)19-12-7-5-10-17(19)23/h4-7,9-12,15H,3,8,13-14H2,1-2H3,(H,24,27). The number of halogens is 1. The molecule has 1 heterocycles. The Balaban J connectivity index is 1.85. The molecule has 0 bridgehead atoms. The van der Waals surface area contributed by atoms with Crippen molar-refractivity contribution in [3.63, 3.8) is 0 Å². The van der Waals surface area contributed by atoms with E-state index in [1.165, 1.54) is 22.4 Å². The first-order chi connectivity index (χ1) is 14.0. The van der Waals surface area contributed by atoms with Crippen LogP contribution in [0.5, 0.6) is 0 Å². The molecule has 0 saturated heterocycles. The third kappa shape index (κ3) is 5.03. The predicted octanol–water partition coefficient (Wildman–Crippen LogP) is 4.31. The molecular weight excluding hydrogens is 389 g/mol. The fourth-order valence-electron chi connectivity index (χ4n) is 2.90. The Kier molecular flexibility index (Phi) is 7.04. The molecule has 1 atom stereocenters. The Bertz CT molecular complexity index is 1070. The monoisotopic (exact) mass is 413 g/mol. The number of fused-ring (bicyclic) bond motifs is 1. The summed E-state index contributed by atoms with van der Waals surface area (Å²) in [6.45, 7) is 3.99. The molecule has 0 radical (unpaired) electrons. The number of amides is 1. The Hall–Kier alpha value is -2.67. The molecule has 29 heavy (non-hydrogen) atoms. The molecule has 2 aromatic carbocycles. The number of carbonyl (C=O) groups is 1. The summed E-state index contributed by atoms with van der Waals surface area (Å²) in [7, 11) is 0. The first-order valence-corrected chi connectivity index (χ1v) is 10.7. The van der Waals surface area contributed by atoms with Gasteiger partial charge in [-0.1, -0.05) is 43.0 Å². The molecule has 0 aliphatic rings. The molecule has 3 aromatic rings. The van der Waals surface area contributed by atoms with Crippen molar-refractivity contribution in [2.24, 2.45) is 0 Å². The molecule has 0 spiro atoms. The zero-order valence-corrected chi connectivity index (χ0v) is 17.3. The van der Waals surface area contributed by atoms with Crippen molar-refractivity contribution < 1.29 is 9.18 Å². The summed E-state index contributed by atoms with van der Waals surface area (Å²) >= 11 is 1.35. The number of nitrogens with zero attached hydrogens (tertiary/aromatic N) is 2. The molecule has 3 rings (SSSR count). The van der Waals surface area contributed by atoms with Gasteiger partial charge in [-0.3, -0.25) is 14.2 Å². The van der Waals surface area contributed by atoms with Crippen LogP contribution in [0, 0.1) is 5.82 Å². The normalized spacial score (nSPS) is 12.1. The third-order valence-corrected chi connectivity index (χ3v) is 5.66. The van der Waals surface area contributed by atoms with Crippen LogP contribution in [0.25, 0.3) is 16.6 Å². The Labute approximate surface area is 173 Å². The average Bonchev–Trinajstić information content (AvgIpc) is 2.72. The van der Waals surface area contributed by atoms with E-state index in [-0.39, 0.29) is 23.2 Å². The van der Waals surface area contributed by atoms with Gasteiger partial charge < -0.3 is 5.32 Å². The number of aromatic nitrogens is 2. The molecule has 5 nitrogen and oxygen atoms in total. The van der Waals surface area contributed by atoms with Crippen LogP contribution in [0.3, 0.4) is 0 Å². The smallest absolute Gasteiger partial charge is 0.266 e. The number of nitrogens with one attached hydrogen (secondary N) is 1. The van der Waals surface area contributed by atoms with Crippen LogP contribution in [-0.4, -0.2) is 27.3 Å². The van der Waals surface area contributed by atoms with Gasteiger partial charge in [0, 0.05) is 18.2 Å². The third-order valence-electron chi connectivity index (χ3n) is 4.64. The number of hydrogen-bond donors (Lipinski definition) is 1. The van der Waals surface area contributed by atoms with E-state index in [2.05, 4.69) is 10.3 Å². The maximum absolute atomic E-state index is 14.4. The molecular formula is C22H24FN3O2S. The van der Waals surface area contributed by atoms with Gasteiger partial charge in [-0.25, -0.2) is 9.37 Å². The van der Waals surface area contributed by atoms with E-state index in [0.29, 0.717) is 34.7 Å². The molecule has 1 aromatic heterocycles. The summed E-state index contributed by atoms with van der Waals surface area (Å²) in [4.78, 5) is 29.6. The zero-order valence-electron chi connectivity index (χ0n) is 16.5. The number of thioether (sulfide) groups is 1. The summed E-state index contributed by atoms with van der Waals surface area (Å²) in [5.74, 6) is 0.118. The van der Waals surface area contributed by atoms with Gasteiger partial charge in [0.1, 0.15) is 5.82 Å². The molecule has 1 amide bonds. The van der Waals surface area contributed by atoms with Crippen LogP contribution in [0.15, 0.2) is 58.5 Å². The van der Waals surface area contributed by atoms with Crippen LogP contribution in [0.4, 0.5) is 4.39 Å². The quantitative estimate of drug-likeness (QED) is 0.340. The van der Waals surface area contributed by atoms with Crippen molar-refractivity contribution in [1.82, 2.24) is 14.9 Å². The lowest BCUT2D eigenvalue weighted by Crippen LogP contribution is -2.31. The minimum Gasteiger partial charge on any atom is -0.354 e. The number of carbonyl (C=O) groups excluding carboxylic acids is 1. The van der Waals surface area contributed by atoms with E-state index in [0.717, 1.165) is 6.42 Å². The second kappa shape index (κ2) is 9.69. The molecule has 152 valence electrons. The van der Waals surface area contributed by atoms with Gasteiger partial charge in [-0.15, -0.1) is 0 Å². The van der Waals surface area contributed by atoms with Gasteiger partial charge in [0.05, 0.1) is 16.6 Å². The SMILES string of the molecule is CCC(C)NC(=O)CCCSc1nc2ccccc2c(=O)n1-c1ccccc1F. The highest BCUT2D eigenvalue weighted by Gasteiger charge is 2.16. The summed E-state index contributed by atoms with van der Waals surface area (Å²) in [5, 5.41) is 3.79. The van der Waals surface area contributed by atoms with E-state index in [1.54, 1.807) is 36.4 Å². The maximum Gasteiger partial charge on any atom is 0.266 e. The van der Waals surface area contributed by atoms with Crippen LogP contribution in [-0.2, 0) is 4.79 Å². The molecule has 1 N–H and O–H groups in total. The molecule has 7 heteroatoms. The first kappa shape index (κ1) is 21.0. The van der Waals surface area contributed by atoms with Crippen molar-refractivity contribution in [2.75, 3.05) is 5.75 Å². The summed E-state index contributed by atoms with van der Waals surface area (Å²) < 4.78 is 15.8. The predicted molar refractivity (Wildman–Crippen MR) is 115 cm³/mol. The highest BCUT2D eigenvalue weighted by molar-refractivity contribution is 7.99. The largest absolute Gasteiger partial charge is 0.354 e. The van der Waals surface area contributed by atoms with Gasteiger partial charge in [0.2, 0.25) is 5.91 Å². The van der Waals surface area contributed by atoms with Crippen molar-refractivity contribution in [1.29, 1.82) is 0 Å². The maximum atomic E-state index is 14.4. The van der Waals surface area contributed by atoms with Gasteiger partial charge in [0.25, 0.3) is 5.56 Å². The second-order valence-electron chi connectivity index (χ2n) is 6.83. The fraction of sp³-hybridized carbons (Fsp3) is 0.318. The highest BCUT2D eigenvalue weighted by Crippen LogP contribution is 2.23. The fourth-order valence-corrected chi connectivity index (χ4v) is 3.84. The molecule has 0 saturated carbocycles. The van der Waals surface area contributed by atoms with Gasteiger partial charge >= 0.3 is 0 Å². The van der Waals surface area contributed by atoms with Crippen LogP contribution >= 0.6 is 11.8 Å². The van der Waals surface area contributed by atoms with E-state index in [4.69, 9.17) is 0 Å². The van der Waals surface area contributed by atoms with Crippen LogP contribution in [0.2, 0.25) is 0 Å². The van der Waals surface area contributed by atoms with E-state index >= 15 is 0 Å². The lowest BCUT2D eigenvalue weighted by atomic mass is 10.2. The van der Waals surface area contributed by atoms with Crippen molar-refractivity contribution in [2.45, 2.75) is 44.3 Å². The van der Waals surface area contributed by atoms with E-state index < -0.39 is 5.82 Å². The van der Waals surface area contributed by atoms with Crippen LogP contribution in [0.1, 0.15) is 33.1 Å². The Morgan fingerprint density at radius 2 is 1.93 bits per heavy atom. The Morgan fingerprint density at radius 1 is 1.21 bits per heavy atom. The topological polar surface area (TPSA) is 64.0 Å². The van der Waals surface area contributed by atoms with E-state index in [9.17, 15) is 14.0 Å². The lowest BCUT2D eigenvalue weighted by Gasteiger charge is -2.14. The molecule has 0 aliphatic carbocycles. The van der Waals surface area contributed by atoms with Gasteiger partial charge in [-0.2, -0.15) is 0 Å². The Morgan fingerprint density at radius 3 is 2.69 bits per heavy atom. The number of hydrogen-bond acceptors (Lipinski definition) is 4. The average molecular weight is 414 g/mol. The van der Waals surface area contributed by atoms with Crippen molar-refractivity contribution in [3.05, 3.63) is 64.7 Å². The summed E-state index contributed by atoms with van der Waals surface area (Å²) in [6.07, 6.45) is 1.91. The minimum absolute atomic E-state index is 0.0120. The van der Waals surface area contributed by atoms with Gasteiger partial charge in [0.15, 0.2) is 5.16 Å². The molecule has 0 aliphatic heterocycles. The first-order valence-electron chi connectivity index (χ1n) is 9.70. The zero-order chi connectivity index (χ0) is 20.8.